The van der Waals surface area contributed by atoms with Crippen molar-refractivity contribution >= 4 is 22.4 Å². The van der Waals surface area contributed by atoms with E-state index in [0.717, 1.165) is 41.4 Å². The fourth-order valence-electron chi connectivity index (χ4n) is 2.52. The zero-order chi connectivity index (χ0) is 13.1. The number of anilines is 1. The number of hydrogen-bond acceptors (Lipinski definition) is 4. The Kier molecular flexibility index (Phi) is 4.22. The molecule has 18 heavy (non-hydrogen) atoms. The second kappa shape index (κ2) is 5.69. The maximum absolute atomic E-state index is 11.4. The molecule has 1 fully saturated rings. The molecule has 0 bridgehead atoms. The van der Waals surface area contributed by atoms with Crippen LogP contribution in [-0.2, 0) is 4.79 Å². The molecule has 1 aromatic heterocycles. The maximum atomic E-state index is 11.4. The molecule has 0 aromatic carbocycles. The number of aliphatic carboxylic acids is 1. The summed E-state index contributed by atoms with van der Waals surface area (Å²) in [5.41, 5.74) is 0.982. The number of aromatic nitrogens is 1. The van der Waals surface area contributed by atoms with Gasteiger partial charge in [-0.05, 0) is 32.6 Å². The van der Waals surface area contributed by atoms with E-state index in [1.807, 2.05) is 13.8 Å². The molecular formula is C13H20N2O2S. The van der Waals surface area contributed by atoms with Crippen molar-refractivity contribution in [2.24, 2.45) is 5.92 Å². The van der Waals surface area contributed by atoms with Crippen molar-refractivity contribution in [3.63, 3.8) is 0 Å². The Balaban J connectivity index is 2.08. The lowest BCUT2D eigenvalue weighted by Crippen LogP contribution is -2.37. The first kappa shape index (κ1) is 13.3. The van der Waals surface area contributed by atoms with Gasteiger partial charge in [-0.3, -0.25) is 0 Å². The Morgan fingerprint density at radius 1 is 1.39 bits per heavy atom. The number of hydrogen-bond donors (Lipinski definition) is 2. The highest BCUT2D eigenvalue weighted by molar-refractivity contribution is 7.15. The first-order valence-corrected chi connectivity index (χ1v) is 7.33. The summed E-state index contributed by atoms with van der Waals surface area (Å²) in [7, 11) is 0. The lowest BCUT2D eigenvalue weighted by atomic mass is 9.84. The second-order valence-corrected chi connectivity index (χ2v) is 6.22. The van der Waals surface area contributed by atoms with E-state index < -0.39 is 12.0 Å². The highest BCUT2D eigenvalue weighted by atomic mass is 32.1. The van der Waals surface area contributed by atoms with Crippen molar-refractivity contribution < 1.29 is 9.90 Å². The fraction of sp³-hybridized carbons (Fsp3) is 0.692. The third-order valence-electron chi connectivity index (χ3n) is 3.69. The zero-order valence-electron chi connectivity index (χ0n) is 10.9. The number of nitrogens with zero attached hydrogens (tertiary/aromatic N) is 1. The van der Waals surface area contributed by atoms with Crippen LogP contribution in [0.3, 0.4) is 0 Å². The molecular weight excluding hydrogens is 248 g/mol. The molecule has 0 aliphatic heterocycles. The minimum atomic E-state index is -0.757. The van der Waals surface area contributed by atoms with Crippen LogP contribution in [0, 0.1) is 19.8 Å². The van der Waals surface area contributed by atoms with Gasteiger partial charge < -0.3 is 10.4 Å². The first-order valence-electron chi connectivity index (χ1n) is 6.51. The minimum absolute atomic E-state index is 0.237. The summed E-state index contributed by atoms with van der Waals surface area (Å²) in [5, 5.41) is 13.2. The molecule has 5 heteroatoms. The molecule has 4 nitrogen and oxygen atoms in total. The van der Waals surface area contributed by atoms with Crippen LogP contribution in [0.5, 0.6) is 0 Å². The molecule has 1 aliphatic carbocycles. The molecule has 1 aromatic rings. The SMILES string of the molecule is Cc1nc(NC(C(=O)O)C2CCCCC2)sc1C. The summed E-state index contributed by atoms with van der Waals surface area (Å²) in [6, 6.07) is -0.491. The first-order chi connectivity index (χ1) is 8.58. The van der Waals surface area contributed by atoms with Gasteiger partial charge in [0.2, 0.25) is 0 Å². The van der Waals surface area contributed by atoms with Crippen molar-refractivity contribution in [2.45, 2.75) is 52.0 Å². The number of carboxylic acid groups (broad SMARTS) is 1. The largest absolute Gasteiger partial charge is 0.480 e. The van der Waals surface area contributed by atoms with Gasteiger partial charge in [0.1, 0.15) is 6.04 Å². The van der Waals surface area contributed by atoms with E-state index in [4.69, 9.17) is 0 Å². The smallest absolute Gasteiger partial charge is 0.326 e. The number of carboxylic acids is 1. The van der Waals surface area contributed by atoms with Crippen molar-refractivity contribution in [3.05, 3.63) is 10.6 Å². The molecule has 1 saturated carbocycles. The average molecular weight is 268 g/mol. The molecule has 1 unspecified atom stereocenters. The molecule has 2 rings (SSSR count). The van der Waals surface area contributed by atoms with Crippen LogP contribution in [0.4, 0.5) is 5.13 Å². The van der Waals surface area contributed by atoms with Gasteiger partial charge in [-0.15, -0.1) is 11.3 Å². The molecule has 0 spiro atoms. The van der Waals surface area contributed by atoms with Gasteiger partial charge in [-0.1, -0.05) is 19.3 Å². The van der Waals surface area contributed by atoms with E-state index in [1.54, 1.807) is 0 Å². The van der Waals surface area contributed by atoms with Crippen molar-refractivity contribution in [1.29, 1.82) is 0 Å². The van der Waals surface area contributed by atoms with Gasteiger partial charge in [-0.2, -0.15) is 0 Å². The van der Waals surface area contributed by atoms with E-state index in [2.05, 4.69) is 10.3 Å². The molecule has 0 amide bonds. The van der Waals surface area contributed by atoms with Gasteiger partial charge in [0.15, 0.2) is 5.13 Å². The molecule has 0 saturated heterocycles. The lowest BCUT2D eigenvalue weighted by molar-refractivity contribution is -0.139. The van der Waals surface area contributed by atoms with E-state index in [1.165, 1.54) is 17.8 Å². The number of thiazole rings is 1. The van der Waals surface area contributed by atoms with Gasteiger partial charge in [0.05, 0.1) is 5.69 Å². The number of carbonyl (C=O) groups is 1. The summed E-state index contributed by atoms with van der Waals surface area (Å²) in [6.45, 7) is 3.96. The Morgan fingerprint density at radius 3 is 2.56 bits per heavy atom. The van der Waals surface area contributed by atoms with Gasteiger partial charge in [0.25, 0.3) is 0 Å². The van der Waals surface area contributed by atoms with Gasteiger partial charge in [-0.25, -0.2) is 9.78 Å². The highest BCUT2D eigenvalue weighted by Gasteiger charge is 2.30. The highest BCUT2D eigenvalue weighted by Crippen LogP contribution is 2.30. The third-order valence-corrected chi connectivity index (χ3v) is 4.70. The average Bonchev–Trinajstić information content (AvgIpc) is 2.66. The Bertz CT molecular complexity index is 405. The summed E-state index contributed by atoms with van der Waals surface area (Å²) in [4.78, 5) is 16.9. The monoisotopic (exact) mass is 268 g/mol. The van der Waals surface area contributed by atoms with E-state index in [9.17, 15) is 9.90 Å². The summed E-state index contributed by atoms with van der Waals surface area (Å²) in [5.74, 6) is -0.520. The number of aryl methyl sites for hydroxylation is 2. The molecule has 0 radical (unpaired) electrons. The number of nitrogens with one attached hydrogen (secondary N) is 1. The van der Waals surface area contributed by atoms with E-state index in [0.29, 0.717) is 0 Å². The molecule has 2 N–H and O–H groups in total. The Hall–Kier alpha value is -1.10. The lowest BCUT2D eigenvalue weighted by Gasteiger charge is -2.27. The van der Waals surface area contributed by atoms with Gasteiger partial charge in [0, 0.05) is 4.88 Å². The quantitative estimate of drug-likeness (QED) is 0.880. The summed E-state index contributed by atoms with van der Waals surface area (Å²) >= 11 is 1.54. The predicted molar refractivity (Wildman–Crippen MR) is 73.2 cm³/mol. The third kappa shape index (κ3) is 3.02. The topological polar surface area (TPSA) is 62.2 Å². The van der Waals surface area contributed by atoms with E-state index in [-0.39, 0.29) is 5.92 Å². The Labute approximate surface area is 111 Å². The summed E-state index contributed by atoms with van der Waals surface area (Å²) < 4.78 is 0. The van der Waals surface area contributed by atoms with Crippen LogP contribution in [0.1, 0.15) is 42.7 Å². The van der Waals surface area contributed by atoms with Crippen LogP contribution in [0.15, 0.2) is 0 Å². The second-order valence-electron chi connectivity index (χ2n) is 5.02. The molecule has 100 valence electrons. The van der Waals surface area contributed by atoms with Crippen LogP contribution >= 0.6 is 11.3 Å². The fourth-order valence-corrected chi connectivity index (χ4v) is 3.37. The zero-order valence-corrected chi connectivity index (χ0v) is 11.7. The van der Waals surface area contributed by atoms with Crippen molar-refractivity contribution in [2.75, 3.05) is 5.32 Å². The maximum Gasteiger partial charge on any atom is 0.326 e. The molecule has 1 heterocycles. The van der Waals surface area contributed by atoms with Gasteiger partial charge >= 0.3 is 5.97 Å². The van der Waals surface area contributed by atoms with Crippen LogP contribution in [-0.4, -0.2) is 22.1 Å². The van der Waals surface area contributed by atoms with Crippen LogP contribution in [0.2, 0.25) is 0 Å². The molecule has 1 aliphatic rings. The van der Waals surface area contributed by atoms with Crippen LogP contribution < -0.4 is 5.32 Å². The predicted octanol–water partition coefficient (Wildman–Crippen LogP) is 3.21. The van der Waals surface area contributed by atoms with E-state index >= 15 is 0 Å². The normalized spacial score (nSPS) is 18.6. The molecule has 1 atom stereocenters. The number of rotatable bonds is 4. The Morgan fingerprint density at radius 2 is 2.06 bits per heavy atom. The summed E-state index contributed by atoms with van der Waals surface area (Å²) in [6.07, 6.45) is 5.54. The van der Waals surface area contributed by atoms with Crippen molar-refractivity contribution in [1.82, 2.24) is 4.98 Å². The standard InChI is InChI=1S/C13H20N2O2S/c1-8-9(2)18-13(14-8)15-11(12(16)17)10-6-4-3-5-7-10/h10-11H,3-7H2,1-2H3,(H,14,15)(H,16,17). The minimum Gasteiger partial charge on any atom is -0.480 e. The van der Waals surface area contributed by atoms with Crippen LogP contribution in [0.25, 0.3) is 0 Å². The van der Waals surface area contributed by atoms with Crippen molar-refractivity contribution in [3.8, 4) is 0 Å².